The van der Waals surface area contributed by atoms with Gasteiger partial charge in [-0.2, -0.15) is 0 Å². The second kappa shape index (κ2) is 6.49. The number of benzene rings is 2. The quantitative estimate of drug-likeness (QED) is 0.914. The number of amides is 1. The van der Waals surface area contributed by atoms with Gasteiger partial charge in [-0.05, 0) is 43.3 Å². The maximum absolute atomic E-state index is 13.1. The summed E-state index contributed by atoms with van der Waals surface area (Å²) in [5.74, 6) is 0.938. The van der Waals surface area contributed by atoms with E-state index in [1.165, 1.54) is 24.3 Å². The van der Waals surface area contributed by atoms with Crippen LogP contribution in [0.2, 0.25) is 0 Å². The zero-order valence-corrected chi connectivity index (χ0v) is 14.6. The van der Waals surface area contributed by atoms with Crippen LogP contribution in [-0.4, -0.2) is 38.3 Å². The lowest BCUT2D eigenvalue weighted by molar-refractivity contribution is 0.102. The van der Waals surface area contributed by atoms with Gasteiger partial charge < -0.3 is 24.4 Å². The van der Waals surface area contributed by atoms with Crippen molar-refractivity contribution in [3.8, 4) is 17.2 Å². The van der Waals surface area contributed by atoms with Crippen molar-refractivity contribution in [3.05, 3.63) is 46.8 Å². The summed E-state index contributed by atoms with van der Waals surface area (Å²) >= 11 is 0. The summed E-state index contributed by atoms with van der Waals surface area (Å²) in [5.41, 5.74) is 2.95. The molecule has 2 aliphatic rings. The number of fused-ring (bicyclic) bond motifs is 2. The van der Waals surface area contributed by atoms with Crippen LogP contribution in [-0.2, 0) is 13.0 Å². The highest BCUT2D eigenvalue weighted by Crippen LogP contribution is 2.52. The van der Waals surface area contributed by atoms with Crippen LogP contribution in [0.15, 0.2) is 24.3 Å². The molecule has 0 saturated carbocycles. The van der Waals surface area contributed by atoms with Crippen molar-refractivity contribution in [2.45, 2.75) is 13.0 Å². The van der Waals surface area contributed by atoms with Gasteiger partial charge in [0.25, 0.3) is 5.91 Å². The molecule has 0 atom stereocenters. The van der Waals surface area contributed by atoms with E-state index in [0.717, 1.165) is 24.1 Å². The van der Waals surface area contributed by atoms with E-state index in [2.05, 4.69) is 10.2 Å². The topological polar surface area (TPSA) is 60.0 Å². The number of halogens is 1. The van der Waals surface area contributed by atoms with E-state index in [9.17, 15) is 9.18 Å². The molecule has 136 valence electrons. The van der Waals surface area contributed by atoms with Gasteiger partial charge in [0, 0.05) is 24.2 Å². The molecular weight excluding hydrogens is 339 g/mol. The Morgan fingerprint density at radius 2 is 1.92 bits per heavy atom. The van der Waals surface area contributed by atoms with Gasteiger partial charge in [0.05, 0.1) is 12.8 Å². The number of hydrogen-bond donors (Lipinski definition) is 1. The summed E-state index contributed by atoms with van der Waals surface area (Å²) in [6.07, 6.45) is 0.748. The SMILES string of the molecule is COc1c2c(c(NC(=O)c3ccc(F)cc3)c3c1OCO3)CCN(C)C2. The molecular formula is C19H19FN2O4. The first-order valence-corrected chi connectivity index (χ1v) is 8.35. The van der Waals surface area contributed by atoms with E-state index in [1.54, 1.807) is 7.11 Å². The van der Waals surface area contributed by atoms with Gasteiger partial charge in [-0.3, -0.25) is 4.79 Å². The smallest absolute Gasteiger partial charge is 0.255 e. The first-order chi connectivity index (χ1) is 12.6. The lowest BCUT2D eigenvalue weighted by atomic mass is 9.95. The Labute approximate surface area is 150 Å². The average molecular weight is 358 g/mol. The van der Waals surface area contributed by atoms with Gasteiger partial charge in [0.2, 0.25) is 12.5 Å². The first kappa shape index (κ1) is 16.7. The largest absolute Gasteiger partial charge is 0.492 e. The Morgan fingerprint density at radius 3 is 2.65 bits per heavy atom. The van der Waals surface area contributed by atoms with E-state index < -0.39 is 0 Å². The summed E-state index contributed by atoms with van der Waals surface area (Å²) in [5, 5.41) is 2.93. The third kappa shape index (κ3) is 2.74. The molecule has 2 aliphatic heterocycles. The monoisotopic (exact) mass is 358 g/mol. The van der Waals surface area contributed by atoms with E-state index >= 15 is 0 Å². The molecule has 0 aliphatic carbocycles. The fourth-order valence-corrected chi connectivity index (χ4v) is 3.42. The third-order valence-electron chi connectivity index (χ3n) is 4.71. The summed E-state index contributed by atoms with van der Waals surface area (Å²) in [7, 11) is 3.63. The van der Waals surface area contributed by atoms with E-state index in [-0.39, 0.29) is 18.5 Å². The van der Waals surface area contributed by atoms with Gasteiger partial charge in [0.15, 0.2) is 11.5 Å². The van der Waals surface area contributed by atoms with Gasteiger partial charge >= 0.3 is 0 Å². The number of carbonyl (C=O) groups is 1. The van der Waals surface area contributed by atoms with Gasteiger partial charge in [-0.15, -0.1) is 0 Å². The minimum atomic E-state index is -0.385. The molecule has 0 aromatic heterocycles. The molecule has 4 rings (SSSR count). The lowest BCUT2D eigenvalue weighted by Gasteiger charge is -2.29. The molecule has 2 aromatic carbocycles. The highest BCUT2D eigenvalue weighted by molar-refractivity contribution is 6.06. The Morgan fingerprint density at radius 1 is 1.19 bits per heavy atom. The number of rotatable bonds is 3. The molecule has 0 radical (unpaired) electrons. The minimum absolute atomic E-state index is 0.0733. The number of likely N-dealkylation sites (N-methyl/N-ethyl adjacent to an activating group) is 1. The second-order valence-electron chi connectivity index (χ2n) is 6.38. The number of nitrogens with zero attached hydrogens (tertiary/aromatic N) is 1. The van der Waals surface area contributed by atoms with Crippen molar-refractivity contribution < 1.29 is 23.4 Å². The third-order valence-corrected chi connectivity index (χ3v) is 4.71. The molecule has 7 heteroatoms. The molecule has 0 spiro atoms. The lowest BCUT2D eigenvalue weighted by Crippen LogP contribution is -2.28. The van der Waals surface area contributed by atoms with Gasteiger partial charge in [0.1, 0.15) is 5.82 Å². The number of nitrogens with one attached hydrogen (secondary N) is 1. The maximum atomic E-state index is 13.1. The molecule has 1 N–H and O–H groups in total. The van der Waals surface area contributed by atoms with Crippen LogP contribution in [0.3, 0.4) is 0 Å². The van der Waals surface area contributed by atoms with E-state index in [4.69, 9.17) is 14.2 Å². The number of methoxy groups -OCH3 is 1. The highest BCUT2D eigenvalue weighted by atomic mass is 19.1. The zero-order chi connectivity index (χ0) is 18.3. The average Bonchev–Trinajstić information content (AvgIpc) is 3.11. The van der Waals surface area contributed by atoms with Crippen LogP contribution in [0.1, 0.15) is 21.5 Å². The van der Waals surface area contributed by atoms with E-state index in [1.807, 2.05) is 7.05 Å². The predicted octanol–water partition coefficient (Wildman–Crippen LogP) is 2.80. The van der Waals surface area contributed by atoms with Crippen molar-refractivity contribution >= 4 is 11.6 Å². The second-order valence-corrected chi connectivity index (χ2v) is 6.38. The molecule has 0 bridgehead atoms. The Balaban J connectivity index is 1.78. The number of anilines is 1. The summed E-state index contributed by atoms with van der Waals surface area (Å²) in [4.78, 5) is 14.8. The standard InChI is InChI=1S/C19H19FN2O4/c1-22-8-7-13-14(9-22)16(24-2)18-17(25-10-26-18)15(13)21-19(23)11-3-5-12(20)6-4-11/h3-6H,7-10H2,1-2H3,(H,21,23). The fraction of sp³-hybridized carbons (Fsp3) is 0.316. The van der Waals surface area contributed by atoms with Crippen LogP contribution >= 0.6 is 0 Å². The normalized spacial score (nSPS) is 15.5. The number of ether oxygens (including phenoxy) is 3. The molecule has 0 unspecified atom stereocenters. The van der Waals surface area contributed by atoms with Crippen LogP contribution in [0.5, 0.6) is 17.2 Å². The number of hydrogen-bond acceptors (Lipinski definition) is 5. The molecule has 2 heterocycles. The molecule has 26 heavy (non-hydrogen) atoms. The molecule has 1 amide bonds. The summed E-state index contributed by atoms with van der Waals surface area (Å²) < 4.78 is 29.9. The molecule has 0 fully saturated rings. The molecule has 0 saturated heterocycles. The predicted molar refractivity (Wildman–Crippen MR) is 93.5 cm³/mol. The Bertz CT molecular complexity index is 867. The Kier molecular flexibility index (Phi) is 4.16. The number of carbonyl (C=O) groups excluding carboxylic acids is 1. The van der Waals surface area contributed by atoms with E-state index in [0.29, 0.717) is 35.0 Å². The van der Waals surface area contributed by atoms with Crippen molar-refractivity contribution in [1.82, 2.24) is 4.90 Å². The molecule has 2 aromatic rings. The van der Waals surface area contributed by atoms with Crippen LogP contribution in [0.25, 0.3) is 0 Å². The van der Waals surface area contributed by atoms with Gasteiger partial charge in [-0.1, -0.05) is 0 Å². The summed E-state index contributed by atoms with van der Waals surface area (Å²) in [6, 6.07) is 5.42. The van der Waals surface area contributed by atoms with Crippen LogP contribution < -0.4 is 19.5 Å². The van der Waals surface area contributed by atoms with Crippen molar-refractivity contribution in [1.29, 1.82) is 0 Å². The maximum Gasteiger partial charge on any atom is 0.255 e. The zero-order valence-electron chi connectivity index (χ0n) is 14.6. The van der Waals surface area contributed by atoms with Crippen molar-refractivity contribution in [3.63, 3.8) is 0 Å². The summed E-state index contributed by atoms with van der Waals surface area (Å²) in [6.45, 7) is 1.62. The fourth-order valence-electron chi connectivity index (χ4n) is 3.42. The molecule has 6 nitrogen and oxygen atoms in total. The first-order valence-electron chi connectivity index (χ1n) is 8.35. The van der Waals surface area contributed by atoms with Gasteiger partial charge in [-0.25, -0.2) is 4.39 Å². The Hall–Kier alpha value is -2.80. The van der Waals surface area contributed by atoms with Crippen molar-refractivity contribution in [2.75, 3.05) is 32.8 Å². The van der Waals surface area contributed by atoms with Crippen LogP contribution in [0, 0.1) is 5.82 Å². The highest BCUT2D eigenvalue weighted by Gasteiger charge is 2.33. The van der Waals surface area contributed by atoms with Crippen molar-refractivity contribution in [2.24, 2.45) is 0 Å². The minimum Gasteiger partial charge on any atom is -0.492 e. The van der Waals surface area contributed by atoms with Crippen LogP contribution in [0.4, 0.5) is 10.1 Å².